The van der Waals surface area contributed by atoms with Crippen molar-refractivity contribution in [3.8, 4) is 85.2 Å². The van der Waals surface area contributed by atoms with Crippen LogP contribution in [0.5, 0.6) is 0 Å². The van der Waals surface area contributed by atoms with Crippen LogP contribution in [0, 0.1) is 47.1 Å². The van der Waals surface area contributed by atoms with Crippen LogP contribution in [-0.2, 0) is 12.4 Å². The van der Waals surface area contributed by atoms with Gasteiger partial charge < -0.3 is 9.13 Å². The third kappa shape index (κ3) is 8.66. The molecule has 0 N–H and O–H groups in total. The van der Waals surface area contributed by atoms with E-state index in [0.717, 1.165) is 33.4 Å². The lowest BCUT2D eigenvalue weighted by Crippen LogP contribution is -2.11. The van der Waals surface area contributed by atoms with Gasteiger partial charge in [-0.15, -0.1) is 0 Å². The molecule has 13 heteroatoms. The molecule has 378 valence electrons. The van der Waals surface area contributed by atoms with E-state index < -0.39 is 29.0 Å². The van der Waals surface area contributed by atoms with E-state index in [4.69, 9.17) is 13.1 Å². The lowest BCUT2D eigenvalue weighted by atomic mass is 9.95. The lowest BCUT2D eigenvalue weighted by Gasteiger charge is -2.21. The summed E-state index contributed by atoms with van der Waals surface area (Å²) in [4.78, 5) is 7.22. The second-order valence-electron chi connectivity index (χ2n) is 19.1. The first kappa shape index (κ1) is 49.7. The molecule has 12 rings (SSSR count). The van der Waals surface area contributed by atoms with Crippen LogP contribution in [0.4, 0.5) is 37.7 Å². The molecule has 0 bridgehead atoms. The SMILES string of the molecule is [C-]#[N+]c1cccc(-c2ccc3c(c2)c2cc(-c4cccc(C#N)c4)ccc2n3-c2cc(-c3cc(C(F)(F)F)cc(C(F)(F)F)c3)c(-n3c4ccc(-c5cccc(C#N)c5)cc4c4cc(-c5cccc([N+]#[C-])c5)ccc43)cc2C#N)c1. The third-order valence-corrected chi connectivity index (χ3v) is 14.4. The van der Waals surface area contributed by atoms with Gasteiger partial charge in [-0.2, -0.15) is 42.1 Å². The molecule has 0 saturated carbocycles. The van der Waals surface area contributed by atoms with Crippen molar-refractivity contribution < 1.29 is 26.3 Å². The maximum Gasteiger partial charge on any atom is 0.416 e. The minimum atomic E-state index is -5.21. The molecule has 0 aliphatic carbocycles. The summed E-state index contributed by atoms with van der Waals surface area (Å²) in [6.07, 6.45) is -10.4. The summed E-state index contributed by atoms with van der Waals surface area (Å²) in [7, 11) is 0. The minimum absolute atomic E-state index is 0.0257. The summed E-state index contributed by atoms with van der Waals surface area (Å²) >= 11 is 0. The molecule has 80 heavy (non-hydrogen) atoms. The molecular formula is C67H33F6N7. The topological polar surface area (TPSA) is 89.9 Å². The van der Waals surface area contributed by atoms with Gasteiger partial charge in [0.15, 0.2) is 11.4 Å². The van der Waals surface area contributed by atoms with E-state index in [-0.39, 0.29) is 28.6 Å². The Labute approximate surface area is 452 Å². The monoisotopic (exact) mass is 1050 g/mol. The van der Waals surface area contributed by atoms with Gasteiger partial charge in [0.25, 0.3) is 0 Å². The molecule has 0 spiro atoms. The molecule has 0 unspecified atom stereocenters. The molecule has 0 saturated heterocycles. The molecule has 10 aromatic carbocycles. The lowest BCUT2D eigenvalue weighted by molar-refractivity contribution is -0.143. The Morgan fingerprint density at radius 1 is 0.350 bits per heavy atom. The summed E-state index contributed by atoms with van der Waals surface area (Å²) in [6, 6.07) is 61.6. The maximum atomic E-state index is 15.0. The molecule has 12 aromatic rings. The number of fused-ring (bicyclic) bond motifs is 6. The fraction of sp³-hybridized carbons (Fsp3) is 0.0299. The fourth-order valence-corrected chi connectivity index (χ4v) is 10.7. The molecule has 0 atom stereocenters. The van der Waals surface area contributed by atoms with Gasteiger partial charge in [-0.3, -0.25) is 0 Å². The Morgan fingerprint density at radius 2 is 0.713 bits per heavy atom. The van der Waals surface area contributed by atoms with Crippen molar-refractivity contribution in [2.24, 2.45) is 0 Å². The number of nitriles is 3. The zero-order chi connectivity index (χ0) is 55.6. The Bertz CT molecular complexity index is 4570. The summed E-state index contributed by atoms with van der Waals surface area (Å²) < 4.78 is 93.4. The van der Waals surface area contributed by atoms with Crippen LogP contribution in [0.15, 0.2) is 200 Å². The average Bonchev–Trinajstić information content (AvgIpc) is 4.09. The predicted octanol–water partition coefficient (Wildman–Crippen LogP) is 19.0. The first-order valence-corrected chi connectivity index (χ1v) is 24.7. The van der Waals surface area contributed by atoms with E-state index in [1.165, 1.54) is 12.1 Å². The normalized spacial score (nSPS) is 11.6. The Morgan fingerprint density at radius 3 is 1.07 bits per heavy atom. The van der Waals surface area contributed by atoms with Crippen LogP contribution < -0.4 is 0 Å². The number of halogens is 6. The zero-order valence-electron chi connectivity index (χ0n) is 41.5. The minimum Gasteiger partial charge on any atom is -0.309 e. The van der Waals surface area contributed by atoms with E-state index in [2.05, 4.69) is 27.9 Å². The quantitative estimate of drug-likeness (QED) is 0.118. The summed E-state index contributed by atoms with van der Waals surface area (Å²) in [5.74, 6) is 0. The highest BCUT2D eigenvalue weighted by Gasteiger charge is 2.38. The van der Waals surface area contributed by atoms with Gasteiger partial charge in [-0.25, -0.2) is 9.69 Å². The van der Waals surface area contributed by atoms with Crippen molar-refractivity contribution in [1.29, 1.82) is 15.8 Å². The highest BCUT2D eigenvalue weighted by atomic mass is 19.4. The highest BCUT2D eigenvalue weighted by molar-refractivity contribution is 6.14. The van der Waals surface area contributed by atoms with Crippen LogP contribution in [0.3, 0.4) is 0 Å². The molecule has 7 nitrogen and oxygen atoms in total. The van der Waals surface area contributed by atoms with E-state index in [0.29, 0.717) is 89.4 Å². The number of hydrogen-bond acceptors (Lipinski definition) is 3. The molecule has 0 fully saturated rings. The van der Waals surface area contributed by atoms with Crippen molar-refractivity contribution in [3.63, 3.8) is 0 Å². The molecular weight excluding hydrogens is 1020 g/mol. The van der Waals surface area contributed by atoms with E-state index >= 15 is 0 Å². The largest absolute Gasteiger partial charge is 0.416 e. The van der Waals surface area contributed by atoms with Crippen molar-refractivity contribution >= 4 is 55.0 Å². The second kappa shape index (κ2) is 19.1. The number of rotatable bonds is 7. The summed E-state index contributed by atoms with van der Waals surface area (Å²) in [5.41, 5.74) is 6.29. The van der Waals surface area contributed by atoms with Gasteiger partial charge in [-0.1, -0.05) is 84.9 Å². The van der Waals surface area contributed by atoms with Crippen molar-refractivity contribution in [3.05, 3.63) is 251 Å². The Kier molecular flexibility index (Phi) is 11.9. The molecule has 2 aromatic heterocycles. The van der Waals surface area contributed by atoms with Gasteiger partial charge in [0.1, 0.15) is 6.07 Å². The predicted molar refractivity (Wildman–Crippen MR) is 299 cm³/mol. The number of benzene rings is 10. The summed E-state index contributed by atoms with van der Waals surface area (Å²) in [5, 5.41) is 33.6. The van der Waals surface area contributed by atoms with Gasteiger partial charge in [0.2, 0.25) is 0 Å². The van der Waals surface area contributed by atoms with Gasteiger partial charge in [0, 0.05) is 27.1 Å². The second-order valence-corrected chi connectivity index (χ2v) is 19.1. The molecule has 0 aliphatic rings. The molecule has 0 aliphatic heterocycles. The summed E-state index contributed by atoms with van der Waals surface area (Å²) in [6.45, 7) is 15.3. The van der Waals surface area contributed by atoms with Crippen molar-refractivity contribution in [2.75, 3.05) is 0 Å². The number of hydrogen-bond donors (Lipinski definition) is 0. The van der Waals surface area contributed by atoms with Crippen LogP contribution in [-0.4, -0.2) is 9.13 Å². The molecule has 0 amide bonds. The molecule has 0 radical (unpaired) electrons. The van der Waals surface area contributed by atoms with Crippen LogP contribution in [0.25, 0.3) is 120 Å². The van der Waals surface area contributed by atoms with E-state index in [9.17, 15) is 42.1 Å². The van der Waals surface area contributed by atoms with Crippen LogP contribution >= 0.6 is 0 Å². The van der Waals surface area contributed by atoms with E-state index in [1.54, 1.807) is 94.1 Å². The van der Waals surface area contributed by atoms with Gasteiger partial charge >= 0.3 is 12.4 Å². The molecule has 2 heterocycles. The fourth-order valence-electron chi connectivity index (χ4n) is 10.7. The van der Waals surface area contributed by atoms with Gasteiger partial charge in [0.05, 0.1) is 86.5 Å². The van der Waals surface area contributed by atoms with Crippen LogP contribution in [0.1, 0.15) is 27.8 Å². The highest BCUT2D eigenvalue weighted by Crippen LogP contribution is 2.46. The van der Waals surface area contributed by atoms with Crippen molar-refractivity contribution in [2.45, 2.75) is 12.4 Å². The number of aromatic nitrogens is 2. The van der Waals surface area contributed by atoms with Gasteiger partial charge in [-0.05, 0) is 165 Å². The zero-order valence-corrected chi connectivity index (χ0v) is 41.5. The Hall–Kier alpha value is -11.2. The van der Waals surface area contributed by atoms with E-state index in [1.807, 2.05) is 84.9 Å². The Balaban J connectivity index is 1.19. The standard InChI is InChI=1S/C67H33F6N7/c1-77-53-13-5-11-43(27-53)47-17-20-61-57(31-47)56-29-45(41-9-3-7-39(23-41)36-74)15-19-60(56)79(61)64-35-55(49-25-51(66(68,69)70)34-52(26-49)67(71,72)73)65(33-50(64)38-76)80-62-21-16-46(42-10-4-8-40(24-42)37-75)30-58(62)59-32-48(18-22-63(59)80)44-12-6-14-54(28-44)78-2/h3-35H. The number of alkyl halides is 6. The number of nitrogens with zero attached hydrogens (tertiary/aromatic N) is 7. The average molecular weight is 1050 g/mol. The third-order valence-electron chi connectivity index (χ3n) is 14.4. The first-order valence-electron chi connectivity index (χ1n) is 24.7. The maximum absolute atomic E-state index is 15.0. The van der Waals surface area contributed by atoms with Crippen LogP contribution in [0.2, 0.25) is 0 Å². The first-order chi connectivity index (χ1) is 38.6. The van der Waals surface area contributed by atoms with Crippen molar-refractivity contribution in [1.82, 2.24) is 9.13 Å². The smallest absolute Gasteiger partial charge is 0.309 e.